The summed E-state index contributed by atoms with van der Waals surface area (Å²) in [6.45, 7) is 1.94. The molecule has 2 fully saturated rings. The van der Waals surface area contributed by atoms with Crippen molar-refractivity contribution in [2.24, 2.45) is 0 Å². The molecule has 140 valence electrons. The summed E-state index contributed by atoms with van der Waals surface area (Å²) in [6.07, 6.45) is 5.76. The lowest BCUT2D eigenvalue weighted by atomic mass is 10.2. The zero-order valence-electron chi connectivity index (χ0n) is 14.9. The number of methoxy groups -OCH3 is 1. The third-order valence-corrected chi connectivity index (χ3v) is 5.63. The molecule has 4 heterocycles. The van der Waals surface area contributed by atoms with Crippen molar-refractivity contribution in [1.82, 2.24) is 25.5 Å². The second-order valence-corrected chi connectivity index (χ2v) is 7.36. The Bertz CT molecular complexity index is 975. The van der Waals surface area contributed by atoms with Crippen LogP contribution in [0.2, 0.25) is 5.02 Å². The van der Waals surface area contributed by atoms with Gasteiger partial charge in [0.25, 0.3) is 0 Å². The number of piperazine rings is 1. The van der Waals surface area contributed by atoms with Crippen molar-refractivity contribution in [2.45, 2.75) is 24.9 Å². The maximum absolute atomic E-state index is 6.39. The highest BCUT2D eigenvalue weighted by atomic mass is 35.5. The minimum absolute atomic E-state index is 0.439. The second kappa shape index (κ2) is 6.54. The normalized spacial score (nSPS) is 21.6. The van der Waals surface area contributed by atoms with E-state index in [2.05, 4.69) is 30.7 Å². The molecule has 3 N–H and O–H groups in total. The Morgan fingerprint density at radius 1 is 1.22 bits per heavy atom. The van der Waals surface area contributed by atoms with Gasteiger partial charge in [-0.15, -0.1) is 0 Å². The third-order valence-electron chi connectivity index (χ3n) is 5.36. The van der Waals surface area contributed by atoms with Crippen LogP contribution in [-0.4, -0.2) is 52.4 Å². The van der Waals surface area contributed by atoms with Crippen molar-refractivity contribution >= 4 is 40.0 Å². The van der Waals surface area contributed by atoms with Crippen LogP contribution in [0.25, 0.3) is 10.9 Å². The Hall–Kier alpha value is -2.58. The Morgan fingerprint density at radius 2 is 2.04 bits per heavy atom. The molecule has 0 aliphatic carbocycles. The van der Waals surface area contributed by atoms with Gasteiger partial charge in [0.15, 0.2) is 5.82 Å². The average Bonchev–Trinajstić information content (AvgIpc) is 3.23. The smallest absolute Gasteiger partial charge is 0.227 e. The summed E-state index contributed by atoms with van der Waals surface area (Å²) >= 11 is 6.39. The van der Waals surface area contributed by atoms with Crippen LogP contribution in [0.15, 0.2) is 24.5 Å². The molecule has 2 aliphatic heterocycles. The molecule has 27 heavy (non-hydrogen) atoms. The molecular weight excluding hydrogens is 366 g/mol. The first-order valence-corrected chi connectivity index (χ1v) is 9.40. The van der Waals surface area contributed by atoms with Crippen LogP contribution >= 0.6 is 11.6 Å². The van der Waals surface area contributed by atoms with Gasteiger partial charge in [0.2, 0.25) is 5.95 Å². The highest BCUT2D eigenvalue weighted by Gasteiger charge is 2.38. The third kappa shape index (κ3) is 2.85. The molecule has 2 saturated heterocycles. The number of ether oxygens (including phenoxy) is 1. The van der Waals surface area contributed by atoms with E-state index in [-0.39, 0.29) is 0 Å². The van der Waals surface area contributed by atoms with Crippen molar-refractivity contribution in [2.75, 3.05) is 30.4 Å². The zero-order valence-corrected chi connectivity index (χ0v) is 15.6. The molecular formula is C18H20ClN7O. The number of anilines is 3. The van der Waals surface area contributed by atoms with E-state index >= 15 is 0 Å². The number of H-pyrrole nitrogens is 1. The fraction of sp³-hybridized carbons (Fsp3) is 0.389. The number of nitrogens with zero attached hydrogens (tertiary/aromatic N) is 4. The van der Waals surface area contributed by atoms with Gasteiger partial charge in [-0.25, -0.2) is 4.98 Å². The average molecular weight is 386 g/mol. The maximum atomic E-state index is 6.39. The molecule has 3 aromatic rings. The molecule has 9 heteroatoms. The van der Waals surface area contributed by atoms with Crippen LogP contribution in [-0.2, 0) is 0 Å². The van der Waals surface area contributed by atoms with Crippen molar-refractivity contribution in [3.05, 3.63) is 29.5 Å². The predicted octanol–water partition coefficient (Wildman–Crippen LogP) is 2.70. The van der Waals surface area contributed by atoms with Crippen LogP contribution in [0.5, 0.6) is 5.75 Å². The summed E-state index contributed by atoms with van der Waals surface area (Å²) in [5, 5.41) is 15.2. The predicted molar refractivity (Wildman–Crippen MR) is 105 cm³/mol. The monoisotopic (exact) mass is 385 g/mol. The van der Waals surface area contributed by atoms with E-state index in [0.29, 0.717) is 28.7 Å². The standard InChI is InChI=1S/C18H20ClN7O/c1-27-16-5-14-10(6-22-25-14)4-15(16)23-17-13(19)9-21-18(24-17)26-11-2-3-12(26)8-20-7-11/h4-6,9,11-12,20H,2-3,7-8H2,1H3,(H,22,25)(H,21,23,24). The lowest BCUT2D eigenvalue weighted by Crippen LogP contribution is -2.52. The Morgan fingerprint density at radius 3 is 2.81 bits per heavy atom. The van der Waals surface area contributed by atoms with E-state index in [4.69, 9.17) is 21.3 Å². The van der Waals surface area contributed by atoms with Crippen molar-refractivity contribution in [1.29, 1.82) is 0 Å². The molecule has 1 aromatic carbocycles. The van der Waals surface area contributed by atoms with Crippen LogP contribution in [0.3, 0.4) is 0 Å². The number of aromatic nitrogens is 4. The van der Waals surface area contributed by atoms with Gasteiger partial charge in [-0.3, -0.25) is 5.10 Å². The molecule has 2 atom stereocenters. The summed E-state index contributed by atoms with van der Waals surface area (Å²) in [4.78, 5) is 11.6. The van der Waals surface area contributed by atoms with Gasteiger partial charge < -0.3 is 20.3 Å². The molecule has 8 nitrogen and oxygen atoms in total. The summed E-state index contributed by atoms with van der Waals surface area (Å²) in [5.74, 6) is 1.98. The number of hydrogen-bond acceptors (Lipinski definition) is 7. The minimum atomic E-state index is 0.439. The van der Waals surface area contributed by atoms with Crippen molar-refractivity contribution in [3.63, 3.8) is 0 Å². The van der Waals surface area contributed by atoms with Gasteiger partial charge in [0, 0.05) is 36.6 Å². The summed E-state index contributed by atoms with van der Waals surface area (Å²) in [7, 11) is 1.63. The first-order valence-electron chi connectivity index (χ1n) is 9.02. The van der Waals surface area contributed by atoms with Gasteiger partial charge >= 0.3 is 0 Å². The number of hydrogen-bond donors (Lipinski definition) is 3. The second-order valence-electron chi connectivity index (χ2n) is 6.95. The first kappa shape index (κ1) is 16.6. The number of fused-ring (bicyclic) bond motifs is 3. The fourth-order valence-electron chi connectivity index (χ4n) is 4.04. The number of nitrogens with one attached hydrogen (secondary N) is 3. The zero-order chi connectivity index (χ0) is 18.4. The molecule has 2 aliphatic rings. The van der Waals surface area contributed by atoms with E-state index in [1.807, 2.05) is 12.1 Å². The first-order chi connectivity index (χ1) is 13.2. The van der Waals surface area contributed by atoms with E-state index in [0.717, 1.165) is 48.5 Å². The largest absolute Gasteiger partial charge is 0.494 e. The number of rotatable bonds is 4. The molecule has 0 spiro atoms. The molecule has 2 aromatic heterocycles. The number of halogens is 1. The topological polar surface area (TPSA) is 91.0 Å². The highest BCUT2D eigenvalue weighted by molar-refractivity contribution is 6.33. The lowest BCUT2D eigenvalue weighted by Gasteiger charge is -2.35. The Kier molecular flexibility index (Phi) is 4.02. The van der Waals surface area contributed by atoms with Gasteiger partial charge in [0.05, 0.1) is 30.7 Å². The lowest BCUT2D eigenvalue weighted by molar-refractivity contribution is 0.417. The van der Waals surface area contributed by atoms with Gasteiger partial charge in [-0.05, 0) is 18.9 Å². The molecule has 2 unspecified atom stereocenters. The highest BCUT2D eigenvalue weighted by Crippen LogP contribution is 2.35. The van der Waals surface area contributed by atoms with E-state index in [1.165, 1.54) is 0 Å². The summed E-state index contributed by atoms with van der Waals surface area (Å²) < 4.78 is 5.51. The molecule has 2 bridgehead atoms. The van der Waals surface area contributed by atoms with E-state index in [1.54, 1.807) is 19.5 Å². The van der Waals surface area contributed by atoms with Crippen molar-refractivity contribution in [3.8, 4) is 5.75 Å². The fourth-order valence-corrected chi connectivity index (χ4v) is 4.18. The summed E-state index contributed by atoms with van der Waals surface area (Å²) in [5.41, 5.74) is 1.69. The molecule has 0 saturated carbocycles. The Balaban J connectivity index is 1.50. The van der Waals surface area contributed by atoms with Crippen LogP contribution in [0.1, 0.15) is 12.8 Å². The van der Waals surface area contributed by atoms with Crippen molar-refractivity contribution < 1.29 is 4.74 Å². The van der Waals surface area contributed by atoms with Crippen LogP contribution in [0, 0.1) is 0 Å². The molecule has 0 radical (unpaired) electrons. The van der Waals surface area contributed by atoms with E-state index < -0.39 is 0 Å². The Labute approximate surface area is 161 Å². The quantitative estimate of drug-likeness (QED) is 0.636. The van der Waals surface area contributed by atoms with Crippen LogP contribution in [0.4, 0.5) is 17.5 Å². The number of aromatic amines is 1. The van der Waals surface area contributed by atoms with Gasteiger partial charge in [0.1, 0.15) is 10.8 Å². The van der Waals surface area contributed by atoms with E-state index in [9.17, 15) is 0 Å². The minimum Gasteiger partial charge on any atom is -0.494 e. The maximum Gasteiger partial charge on any atom is 0.227 e. The SMILES string of the molecule is COc1cc2[nH]ncc2cc1Nc1nc(N2C3CCC2CNC3)ncc1Cl. The summed E-state index contributed by atoms with van der Waals surface area (Å²) in [6, 6.07) is 4.74. The molecule has 5 rings (SSSR count). The molecule has 0 amide bonds. The van der Waals surface area contributed by atoms with Gasteiger partial charge in [-0.2, -0.15) is 10.1 Å². The van der Waals surface area contributed by atoms with Crippen LogP contribution < -0.4 is 20.3 Å². The van der Waals surface area contributed by atoms with Gasteiger partial charge in [-0.1, -0.05) is 11.6 Å². The number of benzene rings is 1.